The van der Waals surface area contributed by atoms with Gasteiger partial charge in [-0.1, -0.05) is 5.16 Å². The van der Waals surface area contributed by atoms with Gasteiger partial charge in [0.2, 0.25) is 5.82 Å². The van der Waals surface area contributed by atoms with Crippen molar-refractivity contribution in [3.63, 3.8) is 0 Å². The van der Waals surface area contributed by atoms with Gasteiger partial charge in [0.15, 0.2) is 0 Å². The molecule has 2 aliphatic rings. The number of alkyl carbamates (subject to hydrolysis) is 1. The summed E-state index contributed by atoms with van der Waals surface area (Å²) in [6.07, 6.45) is 3.51. The number of hydrogen-bond acceptors (Lipinski definition) is 10. The summed E-state index contributed by atoms with van der Waals surface area (Å²) < 4.78 is 16.7. The molecular formula is C30H41N7O4. The minimum atomic E-state index is -0.567. The van der Waals surface area contributed by atoms with E-state index in [9.17, 15) is 4.79 Å². The molecule has 1 amide bonds. The van der Waals surface area contributed by atoms with Gasteiger partial charge < -0.3 is 29.1 Å². The van der Waals surface area contributed by atoms with E-state index in [1.807, 2.05) is 52.1 Å². The van der Waals surface area contributed by atoms with Gasteiger partial charge in [-0.15, -0.1) is 0 Å². The summed E-state index contributed by atoms with van der Waals surface area (Å²) in [5.74, 6) is 1.12. The molecule has 3 aromatic rings. The first-order valence-corrected chi connectivity index (χ1v) is 14.2. The van der Waals surface area contributed by atoms with Crippen LogP contribution in [-0.4, -0.2) is 84.1 Å². The number of pyridine rings is 1. The van der Waals surface area contributed by atoms with Crippen LogP contribution in [0.25, 0.3) is 11.4 Å². The number of nitrogens with zero attached hydrogens (tertiary/aromatic N) is 6. The van der Waals surface area contributed by atoms with Gasteiger partial charge in [0.05, 0.1) is 7.11 Å². The first-order valence-electron chi connectivity index (χ1n) is 14.2. The Labute approximate surface area is 241 Å². The molecule has 2 fully saturated rings. The molecule has 11 heteroatoms. The number of benzene rings is 1. The van der Waals surface area contributed by atoms with Gasteiger partial charge in [0, 0.05) is 67.9 Å². The van der Waals surface area contributed by atoms with Crippen molar-refractivity contribution in [2.75, 3.05) is 56.7 Å². The van der Waals surface area contributed by atoms with Crippen LogP contribution in [0.4, 0.5) is 16.5 Å². The lowest BCUT2D eigenvalue weighted by atomic mass is 9.83. The standard InChI is InChI=1S/C30H41N7O4/c1-21-15-24(7-10-31-21)36-11-8-30(9-12-36)20-37(14-13-35(30)5)27-33-26(34-41-27)23-16-22(17-25(18-23)39-6)19-32-28(38)40-29(2,3)4/h7,10,15-18H,8-9,11-14,19-20H2,1-6H3,(H,32,38). The zero-order valence-electron chi connectivity index (χ0n) is 24.9. The number of piperazine rings is 1. The molecule has 1 spiro atoms. The second-order valence-corrected chi connectivity index (χ2v) is 12.0. The fourth-order valence-corrected chi connectivity index (χ4v) is 5.63. The third kappa shape index (κ3) is 6.73. The zero-order chi connectivity index (χ0) is 29.2. The van der Waals surface area contributed by atoms with Crippen LogP contribution in [0.5, 0.6) is 5.75 Å². The maximum absolute atomic E-state index is 12.2. The van der Waals surface area contributed by atoms with Crippen molar-refractivity contribution < 1.29 is 18.8 Å². The molecule has 0 unspecified atom stereocenters. The molecule has 2 saturated heterocycles. The molecule has 220 valence electrons. The van der Waals surface area contributed by atoms with Crippen LogP contribution in [0.1, 0.15) is 44.9 Å². The number of aromatic nitrogens is 3. The first kappa shape index (κ1) is 28.7. The number of piperidine rings is 1. The monoisotopic (exact) mass is 563 g/mol. The molecule has 5 rings (SSSR count). The van der Waals surface area contributed by atoms with Crippen molar-refractivity contribution in [1.82, 2.24) is 25.3 Å². The van der Waals surface area contributed by atoms with Crippen LogP contribution in [0.15, 0.2) is 41.1 Å². The highest BCUT2D eigenvalue weighted by Gasteiger charge is 2.43. The molecular weight excluding hydrogens is 522 g/mol. The number of aryl methyl sites for hydroxylation is 1. The number of rotatable bonds is 6. The van der Waals surface area contributed by atoms with Gasteiger partial charge in [0.25, 0.3) is 0 Å². The predicted octanol–water partition coefficient (Wildman–Crippen LogP) is 4.26. The lowest BCUT2D eigenvalue weighted by Crippen LogP contribution is -2.64. The molecule has 0 atom stereocenters. The quantitative estimate of drug-likeness (QED) is 0.467. The summed E-state index contributed by atoms with van der Waals surface area (Å²) >= 11 is 0. The number of ether oxygens (including phenoxy) is 2. The van der Waals surface area contributed by atoms with Crippen molar-refractivity contribution in [2.24, 2.45) is 0 Å². The van der Waals surface area contributed by atoms with Crippen LogP contribution in [0.2, 0.25) is 0 Å². The third-order valence-corrected chi connectivity index (χ3v) is 7.92. The Bertz CT molecular complexity index is 1360. The van der Waals surface area contributed by atoms with E-state index in [4.69, 9.17) is 19.0 Å². The zero-order valence-corrected chi connectivity index (χ0v) is 24.9. The number of hydrogen-bond donors (Lipinski definition) is 1. The Morgan fingerprint density at radius 1 is 1.10 bits per heavy atom. The van der Waals surface area contributed by atoms with Gasteiger partial charge in [-0.3, -0.25) is 9.88 Å². The van der Waals surface area contributed by atoms with E-state index in [2.05, 4.69) is 49.3 Å². The van der Waals surface area contributed by atoms with Crippen molar-refractivity contribution >= 4 is 17.8 Å². The van der Waals surface area contributed by atoms with E-state index in [0.717, 1.165) is 62.4 Å². The summed E-state index contributed by atoms with van der Waals surface area (Å²) in [5, 5.41) is 7.11. The highest BCUT2D eigenvalue weighted by molar-refractivity contribution is 5.68. The fraction of sp³-hybridized carbons (Fsp3) is 0.533. The van der Waals surface area contributed by atoms with E-state index in [1.165, 1.54) is 5.69 Å². The molecule has 0 radical (unpaired) electrons. The van der Waals surface area contributed by atoms with Gasteiger partial charge in [-0.2, -0.15) is 4.98 Å². The van der Waals surface area contributed by atoms with Gasteiger partial charge in [-0.25, -0.2) is 4.79 Å². The van der Waals surface area contributed by atoms with E-state index in [0.29, 0.717) is 17.6 Å². The molecule has 1 aromatic carbocycles. The number of carbonyl (C=O) groups excluding carboxylic acids is 1. The smallest absolute Gasteiger partial charge is 0.407 e. The Balaban J connectivity index is 1.27. The number of amides is 1. The first-order chi connectivity index (χ1) is 19.5. The third-order valence-electron chi connectivity index (χ3n) is 7.92. The Morgan fingerprint density at radius 2 is 1.88 bits per heavy atom. The van der Waals surface area contributed by atoms with Crippen molar-refractivity contribution in [3.05, 3.63) is 47.8 Å². The van der Waals surface area contributed by atoms with E-state index < -0.39 is 11.7 Å². The van der Waals surface area contributed by atoms with Crippen molar-refractivity contribution in [1.29, 1.82) is 0 Å². The largest absolute Gasteiger partial charge is 0.497 e. The number of carbonyl (C=O) groups is 1. The molecule has 1 N–H and O–H groups in total. The van der Waals surface area contributed by atoms with Crippen LogP contribution >= 0.6 is 0 Å². The summed E-state index contributed by atoms with van der Waals surface area (Å²) in [7, 11) is 3.84. The molecule has 2 aliphatic heterocycles. The Morgan fingerprint density at radius 3 is 2.59 bits per heavy atom. The second kappa shape index (κ2) is 11.6. The van der Waals surface area contributed by atoms with Crippen LogP contribution in [-0.2, 0) is 11.3 Å². The van der Waals surface area contributed by atoms with E-state index in [-0.39, 0.29) is 12.1 Å². The molecule has 0 aliphatic carbocycles. The second-order valence-electron chi connectivity index (χ2n) is 12.0. The number of anilines is 2. The van der Waals surface area contributed by atoms with Crippen LogP contribution < -0.4 is 19.9 Å². The SMILES string of the molecule is COc1cc(CNC(=O)OC(C)(C)C)cc(-c2noc(N3CCN(C)C4(CCN(c5ccnc(C)c5)CC4)C3)n2)c1. The minimum Gasteiger partial charge on any atom is -0.497 e. The Hall–Kier alpha value is -3.86. The van der Waals surface area contributed by atoms with Crippen LogP contribution in [0, 0.1) is 6.92 Å². The maximum atomic E-state index is 12.2. The molecule has 0 bridgehead atoms. The molecule has 2 aromatic heterocycles. The average molecular weight is 564 g/mol. The highest BCUT2D eigenvalue weighted by atomic mass is 16.6. The molecule has 11 nitrogen and oxygen atoms in total. The summed E-state index contributed by atoms with van der Waals surface area (Å²) in [6, 6.07) is 10.4. The van der Waals surface area contributed by atoms with Crippen molar-refractivity contribution in [3.8, 4) is 17.1 Å². The van der Waals surface area contributed by atoms with Crippen LogP contribution in [0.3, 0.4) is 0 Å². The predicted molar refractivity (Wildman–Crippen MR) is 157 cm³/mol. The van der Waals surface area contributed by atoms with E-state index in [1.54, 1.807) is 7.11 Å². The molecule has 4 heterocycles. The maximum Gasteiger partial charge on any atom is 0.407 e. The molecule has 41 heavy (non-hydrogen) atoms. The lowest BCUT2D eigenvalue weighted by molar-refractivity contribution is 0.0523. The summed E-state index contributed by atoms with van der Waals surface area (Å²) in [6.45, 7) is 12.4. The summed E-state index contributed by atoms with van der Waals surface area (Å²) in [4.78, 5) is 28.5. The van der Waals surface area contributed by atoms with Gasteiger partial charge in [0.1, 0.15) is 11.4 Å². The van der Waals surface area contributed by atoms with Gasteiger partial charge in [-0.05, 0) is 83.5 Å². The topological polar surface area (TPSA) is 109 Å². The Kier molecular flexibility index (Phi) is 8.08. The fourth-order valence-electron chi connectivity index (χ4n) is 5.63. The number of methoxy groups -OCH3 is 1. The average Bonchev–Trinajstić information content (AvgIpc) is 3.43. The highest BCUT2D eigenvalue weighted by Crippen LogP contribution is 2.35. The summed E-state index contributed by atoms with van der Waals surface area (Å²) in [5.41, 5.74) is 3.35. The normalized spacial score (nSPS) is 17.5. The molecule has 0 saturated carbocycles. The number of nitrogens with one attached hydrogen (secondary N) is 1. The van der Waals surface area contributed by atoms with E-state index >= 15 is 0 Å². The van der Waals surface area contributed by atoms with Crippen molar-refractivity contribution in [2.45, 2.75) is 58.2 Å². The van der Waals surface area contributed by atoms with Gasteiger partial charge >= 0.3 is 12.1 Å². The lowest BCUT2D eigenvalue weighted by Gasteiger charge is -2.53. The minimum absolute atomic E-state index is 0.0436. The number of likely N-dealkylation sites (N-methyl/N-ethyl adjacent to an activating group) is 1.